The van der Waals surface area contributed by atoms with Gasteiger partial charge in [-0.15, -0.1) is 12.3 Å². The van der Waals surface area contributed by atoms with E-state index in [1.54, 1.807) is 6.92 Å². The van der Waals surface area contributed by atoms with Crippen molar-refractivity contribution in [1.82, 2.24) is 5.32 Å². The van der Waals surface area contributed by atoms with Crippen LogP contribution in [-0.4, -0.2) is 42.9 Å². The molecule has 1 aliphatic carbocycles. The third-order valence-electron chi connectivity index (χ3n) is 5.10. The Bertz CT molecular complexity index is 595. The lowest BCUT2D eigenvalue weighted by atomic mass is 9.62. The number of carbonyl (C=O) groups excluding carboxylic acids is 2. The summed E-state index contributed by atoms with van der Waals surface area (Å²) in [6.45, 7) is 2.99. The van der Waals surface area contributed by atoms with E-state index < -0.39 is 16.7 Å². The van der Waals surface area contributed by atoms with Gasteiger partial charge in [0.25, 0.3) is 0 Å². The minimum atomic E-state index is -0.494. The lowest BCUT2D eigenvalue weighted by molar-refractivity contribution is -0.160. The highest BCUT2D eigenvalue weighted by atomic mass is 16.6. The van der Waals surface area contributed by atoms with Gasteiger partial charge in [0.2, 0.25) is 5.91 Å². The van der Waals surface area contributed by atoms with Crippen LogP contribution in [0.1, 0.15) is 45.4 Å². The summed E-state index contributed by atoms with van der Waals surface area (Å²) in [6, 6.07) is 0. The van der Waals surface area contributed by atoms with E-state index >= 15 is 0 Å². The summed E-state index contributed by atoms with van der Waals surface area (Å²) in [5.74, 6) is 2.34. The Hall–Kier alpha value is -1.94. The van der Waals surface area contributed by atoms with E-state index in [-0.39, 0.29) is 11.9 Å². The summed E-state index contributed by atoms with van der Waals surface area (Å²) in [5, 5.41) is 11.0. The summed E-state index contributed by atoms with van der Waals surface area (Å²) < 4.78 is 10.9. The largest absolute Gasteiger partial charge is 0.465 e. The molecule has 3 aliphatic heterocycles. The predicted molar refractivity (Wildman–Crippen MR) is 84.9 cm³/mol. The second kappa shape index (κ2) is 6.17. The van der Waals surface area contributed by atoms with Crippen molar-refractivity contribution in [3.8, 4) is 12.3 Å². The Morgan fingerprint density at radius 3 is 2.71 bits per heavy atom. The van der Waals surface area contributed by atoms with Crippen LogP contribution in [0.5, 0.6) is 0 Å². The number of terminal acetylenes is 1. The summed E-state index contributed by atoms with van der Waals surface area (Å²) in [4.78, 5) is 24.0. The Morgan fingerprint density at radius 2 is 2.08 bits per heavy atom. The molecule has 24 heavy (non-hydrogen) atoms. The lowest BCUT2D eigenvalue weighted by Crippen LogP contribution is -2.54. The molecule has 0 unspecified atom stereocenters. The van der Waals surface area contributed by atoms with Crippen molar-refractivity contribution in [2.24, 2.45) is 15.6 Å². The first-order chi connectivity index (χ1) is 11.5. The zero-order valence-electron chi connectivity index (χ0n) is 14.0. The Balaban J connectivity index is 1.38. The number of hydrogen-bond donors (Lipinski definition) is 1. The van der Waals surface area contributed by atoms with Crippen molar-refractivity contribution < 1.29 is 19.1 Å². The maximum Gasteiger partial charge on any atom is 0.314 e. The van der Waals surface area contributed by atoms with E-state index in [2.05, 4.69) is 21.5 Å². The number of carbonyl (C=O) groups is 2. The molecule has 2 saturated heterocycles. The van der Waals surface area contributed by atoms with Crippen LogP contribution in [0, 0.1) is 17.8 Å². The molecule has 0 radical (unpaired) electrons. The molecule has 7 nitrogen and oxygen atoms in total. The molecular formula is C17H23N3O4. The minimum absolute atomic E-state index is 0.0501. The zero-order valence-corrected chi connectivity index (χ0v) is 14.0. The summed E-state index contributed by atoms with van der Waals surface area (Å²) >= 11 is 0. The summed E-state index contributed by atoms with van der Waals surface area (Å²) in [5.41, 5.74) is -1.33. The van der Waals surface area contributed by atoms with Gasteiger partial charge in [-0.1, -0.05) is 0 Å². The van der Waals surface area contributed by atoms with Crippen molar-refractivity contribution in [2.75, 3.05) is 19.8 Å². The maximum atomic E-state index is 12.0. The van der Waals surface area contributed by atoms with Gasteiger partial charge in [-0.3, -0.25) is 9.59 Å². The molecule has 0 aromatic carbocycles. The summed E-state index contributed by atoms with van der Waals surface area (Å²) in [6.07, 6.45) is 8.74. The number of nitrogens with zero attached hydrogens (tertiary/aromatic N) is 2. The molecule has 2 bridgehead atoms. The quantitative estimate of drug-likeness (QED) is 0.512. The molecular weight excluding hydrogens is 310 g/mol. The van der Waals surface area contributed by atoms with E-state index in [0.29, 0.717) is 58.3 Å². The fourth-order valence-corrected chi connectivity index (χ4v) is 3.67. The highest BCUT2D eigenvalue weighted by molar-refractivity contribution is 5.80. The Labute approximate surface area is 141 Å². The molecule has 3 fully saturated rings. The highest BCUT2D eigenvalue weighted by Gasteiger charge is 2.67. The Kier molecular flexibility index (Phi) is 4.35. The Morgan fingerprint density at radius 1 is 1.33 bits per heavy atom. The third-order valence-corrected chi connectivity index (χ3v) is 5.10. The molecule has 0 atom stereocenters. The van der Waals surface area contributed by atoms with Gasteiger partial charge in [0, 0.05) is 32.2 Å². The van der Waals surface area contributed by atoms with Gasteiger partial charge < -0.3 is 14.8 Å². The number of ether oxygens (including phenoxy) is 2. The first kappa shape index (κ1) is 16.9. The van der Waals surface area contributed by atoms with Gasteiger partial charge in [0.05, 0.1) is 24.2 Å². The minimum Gasteiger partial charge on any atom is -0.465 e. The molecule has 0 aromatic rings. The highest BCUT2D eigenvalue weighted by Crippen LogP contribution is 2.58. The fraction of sp³-hybridized carbons (Fsp3) is 0.765. The number of rotatable bonds is 9. The average molecular weight is 333 g/mol. The van der Waals surface area contributed by atoms with E-state index in [9.17, 15) is 9.59 Å². The number of esters is 1. The number of hydrogen-bond acceptors (Lipinski definition) is 6. The van der Waals surface area contributed by atoms with Gasteiger partial charge in [-0.05, 0) is 19.8 Å². The number of amides is 1. The number of nitrogens with one attached hydrogen (secondary N) is 1. The van der Waals surface area contributed by atoms with Crippen LogP contribution in [0.25, 0.3) is 0 Å². The van der Waals surface area contributed by atoms with Crippen LogP contribution < -0.4 is 5.32 Å². The van der Waals surface area contributed by atoms with E-state index in [4.69, 9.17) is 15.9 Å². The SMILES string of the molecule is C#CCCC1(CCC(=O)NCC23CC(C(=O)OCC)(CO2)C3)N=N1. The van der Waals surface area contributed by atoms with Crippen LogP contribution in [-0.2, 0) is 19.1 Å². The van der Waals surface area contributed by atoms with Crippen LogP contribution in [0.2, 0.25) is 0 Å². The van der Waals surface area contributed by atoms with Crippen molar-refractivity contribution in [1.29, 1.82) is 0 Å². The molecule has 4 rings (SSSR count). The fourth-order valence-electron chi connectivity index (χ4n) is 3.67. The topological polar surface area (TPSA) is 89.4 Å². The molecule has 1 amide bonds. The standard InChI is InChI=1S/C17H23N3O4/c1-3-5-7-17(19-20-17)8-6-13(21)18-11-16-9-15(10-16,12-24-16)14(22)23-4-2/h1H,4-12H2,2H3,(H,18,21). The molecule has 0 spiro atoms. The molecule has 4 aliphatic rings. The van der Waals surface area contributed by atoms with E-state index in [1.165, 1.54) is 0 Å². The number of fused-ring (bicyclic) bond motifs is 1. The van der Waals surface area contributed by atoms with Crippen LogP contribution in [0.3, 0.4) is 0 Å². The second-order valence-corrected chi connectivity index (χ2v) is 6.99. The van der Waals surface area contributed by atoms with Gasteiger partial charge >= 0.3 is 5.97 Å². The van der Waals surface area contributed by atoms with Crippen molar-refractivity contribution in [2.45, 2.75) is 56.7 Å². The smallest absolute Gasteiger partial charge is 0.314 e. The molecule has 1 saturated carbocycles. The molecule has 1 N–H and O–H groups in total. The van der Waals surface area contributed by atoms with Crippen LogP contribution in [0.4, 0.5) is 0 Å². The van der Waals surface area contributed by atoms with Crippen molar-refractivity contribution in [3.63, 3.8) is 0 Å². The van der Waals surface area contributed by atoms with Crippen molar-refractivity contribution in [3.05, 3.63) is 0 Å². The van der Waals surface area contributed by atoms with Gasteiger partial charge in [0.1, 0.15) is 0 Å². The summed E-state index contributed by atoms with van der Waals surface area (Å²) in [7, 11) is 0. The molecule has 3 heterocycles. The average Bonchev–Trinajstić information content (AvgIpc) is 3.07. The van der Waals surface area contributed by atoms with E-state index in [0.717, 1.165) is 0 Å². The van der Waals surface area contributed by atoms with Crippen LogP contribution >= 0.6 is 0 Å². The van der Waals surface area contributed by atoms with Crippen molar-refractivity contribution >= 4 is 11.9 Å². The second-order valence-electron chi connectivity index (χ2n) is 6.99. The van der Waals surface area contributed by atoms with Gasteiger partial charge in [-0.25, -0.2) is 0 Å². The monoisotopic (exact) mass is 333 g/mol. The third kappa shape index (κ3) is 3.16. The predicted octanol–water partition coefficient (Wildman–Crippen LogP) is 1.57. The first-order valence-corrected chi connectivity index (χ1v) is 8.43. The van der Waals surface area contributed by atoms with Gasteiger partial charge in [0.15, 0.2) is 5.66 Å². The molecule has 0 aromatic heterocycles. The van der Waals surface area contributed by atoms with Crippen LogP contribution in [0.15, 0.2) is 10.2 Å². The zero-order chi connectivity index (χ0) is 17.3. The molecule has 130 valence electrons. The maximum absolute atomic E-state index is 12.0. The van der Waals surface area contributed by atoms with Gasteiger partial charge in [-0.2, -0.15) is 10.2 Å². The lowest BCUT2D eigenvalue weighted by Gasteiger charge is -2.42. The molecule has 7 heteroatoms. The van der Waals surface area contributed by atoms with E-state index in [1.807, 2.05) is 0 Å². The normalized spacial score (nSPS) is 31.0. The first-order valence-electron chi connectivity index (χ1n) is 8.43.